The Morgan fingerprint density at radius 2 is 1.57 bits per heavy atom. The maximum atomic E-state index is 12.1. The molecule has 0 spiro atoms. The van der Waals surface area contributed by atoms with E-state index in [9.17, 15) is 9.59 Å². The van der Waals surface area contributed by atoms with Crippen LogP contribution in [0.4, 0.5) is 0 Å². The highest BCUT2D eigenvalue weighted by Crippen LogP contribution is 2.22. The lowest BCUT2D eigenvalue weighted by Crippen LogP contribution is -2.15. The largest absolute Gasteiger partial charge is 0.462 e. The number of carbonyl (C=O) groups is 2. The lowest BCUT2D eigenvalue weighted by atomic mass is 10.1. The Morgan fingerprint density at radius 1 is 1.00 bits per heavy atom. The number of unbranched alkanes of at least 4 members (excludes halogenated alkanes) is 2. The molecule has 0 unspecified atom stereocenters. The number of halogens is 1. The number of hydrogen-bond donors (Lipinski definition) is 0. The lowest BCUT2D eigenvalue weighted by molar-refractivity contribution is 0.0452. The van der Waals surface area contributed by atoms with E-state index >= 15 is 0 Å². The minimum Gasteiger partial charge on any atom is -0.462 e. The second-order valence-corrected chi connectivity index (χ2v) is 5.05. The molecule has 0 heterocycles. The van der Waals surface area contributed by atoms with Crippen molar-refractivity contribution in [1.82, 2.24) is 0 Å². The second-order valence-electron chi connectivity index (χ2n) is 4.64. The maximum absolute atomic E-state index is 12.1. The van der Waals surface area contributed by atoms with Gasteiger partial charge >= 0.3 is 11.9 Å². The molecule has 21 heavy (non-hydrogen) atoms. The van der Waals surface area contributed by atoms with Gasteiger partial charge in [-0.25, -0.2) is 9.59 Å². The summed E-state index contributed by atoms with van der Waals surface area (Å²) in [6.45, 7) is 4.64. The molecule has 0 aliphatic rings. The summed E-state index contributed by atoms with van der Waals surface area (Å²) in [4.78, 5) is 24.1. The first-order valence-corrected chi connectivity index (χ1v) is 7.62. The van der Waals surface area contributed by atoms with E-state index in [1.807, 2.05) is 13.8 Å². The van der Waals surface area contributed by atoms with Crippen molar-refractivity contribution >= 4 is 23.5 Å². The predicted octanol–water partition coefficient (Wildman–Crippen LogP) is 4.25. The average molecular weight is 313 g/mol. The molecule has 0 saturated carbocycles. The van der Waals surface area contributed by atoms with Crippen LogP contribution in [0.15, 0.2) is 18.2 Å². The normalized spacial score (nSPS) is 10.2. The first kappa shape index (κ1) is 17.5. The van der Waals surface area contributed by atoms with Crippen LogP contribution in [-0.4, -0.2) is 25.2 Å². The number of rotatable bonds is 8. The van der Waals surface area contributed by atoms with Crippen molar-refractivity contribution in [3.05, 3.63) is 34.3 Å². The standard InChI is InChI=1S/C16H21ClO4/c1-3-5-10-20-15(18)12-8-7-9-13(17)14(12)16(19)21-11-6-4-2/h7-9H,3-6,10-11H2,1-2H3. The molecule has 5 heteroatoms. The predicted molar refractivity (Wildman–Crippen MR) is 81.8 cm³/mol. The summed E-state index contributed by atoms with van der Waals surface area (Å²) >= 11 is 6.03. The molecule has 1 aromatic rings. The zero-order chi connectivity index (χ0) is 15.7. The fraction of sp³-hybridized carbons (Fsp3) is 0.500. The molecule has 0 N–H and O–H groups in total. The van der Waals surface area contributed by atoms with E-state index in [0.717, 1.165) is 25.7 Å². The van der Waals surface area contributed by atoms with Crippen LogP contribution in [0.3, 0.4) is 0 Å². The first-order valence-electron chi connectivity index (χ1n) is 7.24. The van der Waals surface area contributed by atoms with Gasteiger partial charge in [0.1, 0.15) is 0 Å². The molecule has 0 radical (unpaired) electrons. The first-order chi connectivity index (χ1) is 10.1. The highest BCUT2D eigenvalue weighted by Gasteiger charge is 2.22. The quantitative estimate of drug-likeness (QED) is 0.532. The molecule has 0 amide bonds. The van der Waals surface area contributed by atoms with Gasteiger partial charge in [-0.3, -0.25) is 0 Å². The van der Waals surface area contributed by atoms with E-state index in [-0.39, 0.29) is 16.1 Å². The third kappa shape index (κ3) is 5.38. The molecule has 4 nitrogen and oxygen atoms in total. The Hall–Kier alpha value is -1.55. The molecule has 0 fully saturated rings. The van der Waals surface area contributed by atoms with Crippen molar-refractivity contribution in [2.75, 3.05) is 13.2 Å². The summed E-state index contributed by atoms with van der Waals surface area (Å²) in [5, 5.41) is 0.196. The Morgan fingerprint density at radius 3 is 2.14 bits per heavy atom. The minimum atomic E-state index is -0.587. The van der Waals surface area contributed by atoms with E-state index in [0.29, 0.717) is 13.2 Å². The van der Waals surface area contributed by atoms with E-state index in [1.54, 1.807) is 12.1 Å². The van der Waals surface area contributed by atoms with Crippen molar-refractivity contribution in [2.24, 2.45) is 0 Å². The number of hydrogen-bond acceptors (Lipinski definition) is 4. The van der Waals surface area contributed by atoms with E-state index < -0.39 is 11.9 Å². The van der Waals surface area contributed by atoms with Crippen molar-refractivity contribution in [1.29, 1.82) is 0 Å². The SMILES string of the molecule is CCCCOC(=O)c1cccc(Cl)c1C(=O)OCCCC. The summed E-state index contributed by atoms with van der Waals surface area (Å²) in [5.41, 5.74) is 0.233. The zero-order valence-electron chi connectivity index (χ0n) is 12.5. The van der Waals surface area contributed by atoms with E-state index in [2.05, 4.69) is 0 Å². The third-order valence-electron chi connectivity index (χ3n) is 2.90. The van der Waals surface area contributed by atoms with Gasteiger partial charge in [-0.1, -0.05) is 44.4 Å². The van der Waals surface area contributed by atoms with Crippen molar-refractivity contribution in [3.63, 3.8) is 0 Å². The minimum absolute atomic E-state index is 0.0803. The van der Waals surface area contributed by atoms with Gasteiger partial charge in [0.25, 0.3) is 0 Å². The number of esters is 2. The van der Waals surface area contributed by atoms with Crippen molar-refractivity contribution < 1.29 is 19.1 Å². The summed E-state index contributed by atoms with van der Waals surface area (Å²) < 4.78 is 10.3. The molecule has 1 aromatic carbocycles. The van der Waals surface area contributed by atoms with Crippen LogP contribution in [0, 0.1) is 0 Å². The van der Waals surface area contributed by atoms with Crippen LogP contribution >= 0.6 is 11.6 Å². The Balaban J connectivity index is 2.86. The van der Waals surface area contributed by atoms with Gasteiger partial charge in [0.05, 0.1) is 29.4 Å². The molecule has 0 aliphatic carbocycles. The molecule has 0 bridgehead atoms. The molecule has 1 rings (SSSR count). The molecule has 116 valence electrons. The van der Waals surface area contributed by atoms with Gasteiger partial charge in [-0.05, 0) is 25.0 Å². The molecular weight excluding hydrogens is 292 g/mol. The Labute approximate surface area is 130 Å². The molecule has 0 aromatic heterocycles. The summed E-state index contributed by atoms with van der Waals surface area (Å²) in [6, 6.07) is 4.69. The van der Waals surface area contributed by atoms with Crippen LogP contribution < -0.4 is 0 Å². The number of benzene rings is 1. The van der Waals surface area contributed by atoms with Gasteiger partial charge in [-0.2, -0.15) is 0 Å². The molecule has 0 atom stereocenters. The zero-order valence-corrected chi connectivity index (χ0v) is 13.2. The van der Waals surface area contributed by atoms with Gasteiger partial charge in [0, 0.05) is 0 Å². The summed E-state index contributed by atoms with van der Waals surface area (Å²) in [7, 11) is 0. The lowest BCUT2D eigenvalue weighted by Gasteiger charge is -2.11. The van der Waals surface area contributed by atoms with Crippen molar-refractivity contribution in [3.8, 4) is 0 Å². The number of ether oxygens (including phenoxy) is 2. The highest BCUT2D eigenvalue weighted by molar-refractivity contribution is 6.34. The second kappa shape index (κ2) is 9.40. The Bertz CT molecular complexity index is 485. The molecule has 0 aliphatic heterocycles. The van der Waals surface area contributed by atoms with Crippen molar-refractivity contribution in [2.45, 2.75) is 39.5 Å². The van der Waals surface area contributed by atoms with E-state index in [4.69, 9.17) is 21.1 Å². The van der Waals surface area contributed by atoms with Crippen LogP contribution in [0.5, 0.6) is 0 Å². The van der Waals surface area contributed by atoms with E-state index in [1.165, 1.54) is 6.07 Å². The van der Waals surface area contributed by atoms with Gasteiger partial charge < -0.3 is 9.47 Å². The average Bonchev–Trinajstić information content (AvgIpc) is 2.47. The van der Waals surface area contributed by atoms with Crippen LogP contribution in [-0.2, 0) is 9.47 Å². The smallest absolute Gasteiger partial charge is 0.340 e. The third-order valence-corrected chi connectivity index (χ3v) is 3.21. The van der Waals surface area contributed by atoms with Crippen LogP contribution in [0.25, 0.3) is 0 Å². The maximum Gasteiger partial charge on any atom is 0.340 e. The number of carbonyl (C=O) groups excluding carboxylic acids is 2. The fourth-order valence-electron chi connectivity index (χ4n) is 1.67. The van der Waals surface area contributed by atoms with Gasteiger partial charge in [0.2, 0.25) is 0 Å². The van der Waals surface area contributed by atoms with Crippen LogP contribution in [0.1, 0.15) is 60.2 Å². The topological polar surface area (TPSA) is 52.6 Å². The highest BCUT2D eigenvalue weighted by atomic mass is 35.5. The fourth-order valence-corrected chi connectivity index (χ4v) is 1.92. The molecular formula is C16H21ClO4. The monoisotopic (exact) mass is 312 g/mol. The molecule has 0 saturated heterocycles. The summed E-state index contributed by atoms with van der Waals surface area (Å²) in [5.74, 6) is -1.13. The van der Waals surface area contributed by atoms with Crippen LogP contribution in [0.2, 0.25) is 5.02 Å². The Kier molecular flexibility index (Phi) is 7.83. The van der Waals surface area contributed by atoms with Gasteiger partial charge in [-0.15, -0.1) is 0 Å². The summed E-state index contributed by atoms with van der Waals surface area (Å²) in [6.07, 6.45) is 3.39. The van der Waals surface area contributed by atoms with Gasteiger partial charge in [0.15, 0.2) is 0 Å².